The first-order valence-corrected chi connectivity index (χ1v) is 20.7. The number of aryl methyl sites for hydroxylation is 1. The lowest BCUT2D eigenvalue weighted by Gasteiger charge is -2.42. The molecule has 51 heavy (non-hydrogen) atoms. The minimum atomic E-state index is -0.766. The van der Waals surface area contributed by atoms with Gasteiger partial charge in [-0.1, -0.05) is 46.6 Å². The number of carbonyl (C=O) groups is 2. The normalized spacial score (nSPS) is 28.8. The maximum Gasteiger partial charge on any atom is 0.303 e. The maximum atomic E-state index is 13.7. The van der Waals surface area contributed by atoms with Crippen LogP contribution in [-0.2, 0) is 27.3 Å². The number of ether oxygens (including phenoxy) is 2. The number of allylic oxidation sites excluding steroid dienone is 2. The first kappa shape index (κ1) is 39.0. The van der Waals surface area contributed by atoms with Gasteiger partial charge in [0.2, 0.25) is 5.91 Å². The van der Waals surface area contributed by atoms with Crippen LogP contribution in [-0.4, -0.2) is 83.0 Å². The number of nitrogens with two attached hydrogens (primary N) is 2. The summed E-state index contributed by atoms with van der Waals surface area (Å²) in [6.07, 6.45) is 12.4. The van der Waals surface area contributed by atoms with Crippen molar-refractivity contribution in [3.8, 4) is 11.5 Å². The van der Waals surface area contributed by atoms with E-state index in [-0.39, 0.29) is 35.5 Å². The fourth-order valence-electron chi connectivity index (χ4n) is 8.14. The molecule has 5 aliphatic rings. The van der Waals surface area contributed by atoms with Crippen LogP contribution in [0.25, 0.3) is 0 Å². The van der Waals surface area contributed by atoms with E-state index in [0.717, 1.165) is 49.0 Å². The van der Waals surface area contributed by atoms with Gasteiger partial charge in [-0.05, 0) is 80.6 Å². The number of dihydropyridines is 1. The molecule has 8 N–H and O–H groups in total. The molecule has 4 unspecified atom stereocenters. The second-order valence-corrected chi connectivity index (χ2v) is 17.2. The molecular formula is C37H56N6O6S2. The largest absolute Gasteiger partial charge is 0.504 e. The van der Waals surface area contributed by atoms with Crippen molar-refractivity contribution in [3.63, 3.8) is 0 Å². The van der Waals surface area contributed by atoms with Crippen molar-refractivity contribution in [1.82, 2.24) is 15.5 Å². The molecule has 1 saturated carbocycles. The van der Waals surface area contributed by atoms with Crippen molar-refractivity contribution >= 4 is 39.4 Å². The maximum absolute atomic E-state index is 13.7. The molecule has 0 radical (unpaired) electrons. The van der Waals surface area contributed by atoms with Crippen LogP contribution < -0.4 is 26.8 Å². The lowest BCUT2D eigenvalue weighted by Crippen LogP contribution is -2.45. The van der Waals surface area contributed by atoms with E-state index >= 15 is 0 Å². The minimum Gasteiger partial charge on any atom is -0.504 e. The van der Waals surface area contributed by atoms with E-state index in [1.165, 1.54) is 14.0 Å². The lowest BCUT2D eigenvalue weighted by molar-refractivity contribution is -0.168. The van der Waals surface area contributed by atoms with E-state index in [9.17, 15) is 19.8 Å². The highest BCUT2D eigenvalue weighted by Gasteiger charge is 2.44. The number of methoxy groups -OCH3 is 1. The van der Waals surface area contributed by atoms with Crippen LogP contribution in [0.3, 0.4) is 0 Å². The van der Waals surface area contributed by atoms with Crippen LogP contribution in [0.4, 0.5) is 0 Å². The molecule has 14 heteroatoms. The van der Waals surface area contributed by atoms with Crippen molar-refractivity contribution in [3.05, 3.63) is 46.8 Å². The molecule has 0 aromatic heterocycles. The SMILES string of the molecule is COc1cc2cc(c1O)CN1CC(CC3=CCNC(N)=C3)(CCNC(N)=NCSSCCCCCC3CCC(OC(C)=O)(CC2)CC3O)CC1=O. The number of amides is 1. The molecule has 4 heterocycles. The van der Waals surface area contributed by atoms with Crippen molar-refractivity contribution < 1.29 is 29.3 Å². The van der Waals surface area contributed by atoms with E-state index in [1.54, 1.807) is 21.6 Å². The zero-order valence-corrected chi connectivity index (χ0v) is 31.7. The number of rotatable bonds is 4. The number of carbonyl (C=O) groups excluding carboxylic acids is 2. The summed E-state index contributed by atoms with van der Waals surface area (Å²) >= 11 is 0. The van der Waals surface area contributed by atoms with E-state index in [1.807, 2.05) is 23.1 Å². The summed E-state index contributed by atoms with van der Waals surface area (Å²) in [5.74, 6) is 2.76. The van der Waals surface area contributed by atoms with Crippen LogP contribution in [0.5, 0.6) is 11.5 Å². The van der Waals surface area contributed by atoms with E-state index in [2.05, 4.69) is 21.7 Å². The number of phenolic OH excluding ortho intramolecular Hbond substituents is 1. The fourth-order valence-corrected chi connectivity index (χ4v) is 9.94. The monoisotopic (exact) mass is 744 g/mol. The number of fused-ring (bicyclic) bond motifs is 14. The molecule has 1 aromatic rings. The number of aliphatic hydroxyl groups excluding tert-OH is 1. The molecule has 282 valence electrons. The smallest absolute Gasteiger partial charge is 0.303 e. The molecule has 6 bridgehead atoms. The number of guanidine groups is 1. The summed E-state index contributed by atoms with van der Waals surface area (Å²) in [5, 5.41) is 28.9. The summed E-state index contributed by atoms with van der Waals surface area (Å²) in [4.78, 5) is 32.4. The number of hydrogen-bond donors (Lipinski definition) is 6. The summed E-state index contributed by atoms with van der Waals surface area (Å²) in [5.41, 5.74) is 13.8. The number of esters is 1. The van der Waals surface area contributed by atoms with Gasteiger partial charge >= 0.3 is 5.97 Å². The molecule has 4 atom stereocenters. The standard InChI is InChI=1S/C37H56N6O6S2/c1-25(44)49-37-10-7-26-16-29(34(47)31(17-26)48-2)22-43-23-36(21-33(43)46,19-27-9-13-40-32(38)18-27)12-14-41-35(39)42-24-51-50-15-5-3-4-6-28(8-11-37)30(45)20-37/h9,16-18,28,30,40,45,47H,3-8,10-15,19-24,38H2,1-2H3,(H3,39,41,42). The van der Waals surface area contributed by atoms with Gasteiger partial charge in [-0.2, -0.15) is 0 Å². The van der Waals surface area contributed by atoms with E-state index < -0.39 is 11.7 Å². The first-order chi connectivity index (χ1) is 24.5. The Balaban J connectivity index is 1.40. The molecule has 1 aliphatic carbocycles. The molecule has 0 spiro atoms. The van der Waals surface area contributed by atoms with Gasteiger partial charge in [0.05, 0.1) is 24.9 Å². The molecule has 4 aliphatic heterocycles. The van der Waals surface area contributed by atoms with Crippen LogP contribution in [0, 0.1) is 11.3 Å². The second-order valence-electron chi connectivity index (χ2n) is 14.7. The second kappa shape index (κ2) is 18.0. The quantitative estimate of drug-likeness (QED) is 0.189. The highest BCUT2D eigenvalue weighted by atomic mass is 33.1. The molecule has 1 saturated heterocycles. The Morgan fingerprint density at radius 2 is 1.98 bits per heavy atom. The summed E-state index contributed by atoms with van der Waals surface area (Å²) in [6, 6.07) is 3.73. The zero-order valence-electron chi connectivity index (χ0n) is 30.1. The number of phenols is 1. The predicted molar refractivity (Wildman–Crippen MR) is 204 cm³/mol. The van der Waals surface area contributed by atoms with Crippen LogP contribution in [0.2, 0.25) is 0 Å². The Hall–Kier alpha value is -3.23. The van der Waals surface area contributed by atoms with Gasteiger partial charge in [-0.3, -0.25) is 9.59 Å². The van der Waals surface area contributed by atoms with Gasteiger partial charge in [-0.15, -0.1) is 0 Å². The van der Waals surface area contributed by atoms with Crippen molar-refractivity contribution in [2.45, 2.75) is 102 Å². The Morgan fingerprint density at radius 1 is 1.14 bits per heavy atom. The molecule has 2 fully saturated rings. The van der Waals surface area contributed by atoms with Gasteiger partial charge in [0.25, 0.3) is 0 Å². The number of nitrogens with zero attached hydrogens (tertiary/aromatic N) is 2. The Morgan fingerprint density at radius 3 is 2.75 bits per heavy atom. The average Bonchev–Trinajstić information content (AvgIpc) is 3.38. The van der Waals surface area contributed by atoms with Crippen LogP contribution >= 0.6 is 21.6 Å². The number of hydrogen-bond acceptors (Lipinski definition) is 13. The number of benzene rings is 1. The third-order valence-corrected chi connectivity index (χ3v) is 12.9. The third-order valence-electron chi connectivity index (χ3n) is 10.8. The topological polar surface area (TPSA) is 185 Å². The fraction of sp³-hybridized carbons (Fsp3) is 0.649. The summed E-state index contributed by atoms with van der Waals surface area (Å²) < 4.78 is 11.6. The van der Waals surface area contributed by atoms with Gasteiger partial charge in [0.1, 0.15) is 5.60 Å². The van der Waals surface area contributed by atoms with Crippen LogP contribution in [0.15, 0.2) is 40.7 Å². The number of aliphatic hydroxyl groups is 1. The van der Waals surface area contributed by atoms with E-state index in [4.69, 9.17) is 20.9 Å². The summed E-state index contributed by atoms with van der Waals surface area (Å²) in [7, 11) is 4.99. The number of aromatic hydroxyl groups is 1. The Labute approximate surface area is 310 Å². The average molecular weight is 745 g/mol. The summed E-state index contributed by atoms with van der Waals surface area (Å²) in [6.45, 7) is 3.34. The van der Waals surface area contributed by atoms with Gasteiger partial charge < -0.3 is 46.7 Å². The van der Waals surface area contributed by atoms with Crippen molar-refractivity contribution in [1.29, 1.82) is 0 Å². The molecular weight excluding hydrogens is 689 g/mol. The predicted octanol–water partition coefficient (Wildman–Crippen LogP) is 4.44. The molecule has 12 nitrogen and oxygen atoms in total. The van der Waals surface area contributed by atoms with Gasteiger partial charge in [0, 0.05) is 62.7 Å². The number of nitrogens with one attached hydrogen (secondary N) is 2. The van der Waals surface area contributed by atoms with Gasteiger partial charge in [-0.25, -0.2) is 4.99 Å². The van der Waals surface area contributed by atoms with Gasteiger partial charge in [0.15, 0.2) is 17.5 Å². The highest BCUT2D eigenvalue weighted by Crippen LogP contribution is 2.44. The molecule has 6 rings (SSSR count). The minimum absolute atomic E-state index is 0.00351. The van der Waals surface area contributed by atoms with Crippen molar-refractivity contribution in [2.75, 3.05) is 38.4 Å². The highest BCUT2D eigenvalue weighted by molar-refractivity contribution is 8.76. The van der Waals surface area contributed by atoms with Crippen LogP contribution in [0.1, 0.15) is 88.7 Å². The molecule has 1 aromatic carbocycles. The zero-order chi connectivity index (χ0) is 36.4. The number of aliphatic imine (C=N–C) groups is 1. The van der Waals surface area contributed by atoms with E-state index in [0.29, 0.717) is 93.6 Å². The lowest BCUT2D eigenvalue weighted by atomic mass is 9.72. The Bertz CT molecular complexity index is 1490. The third kappa shape index (κ3) is 10.9. The first-order valence-electron chi connectivity index (χ1n) is 18.2. The van der Waals surface area contributed by atoms with Crippen molar-refractivity contribution in [2.24, 2.45) is 27.8 Å². The Kier molecular flexibility index (Phi) is 13.8. The molecule has 1 amide bonds.